The summed E-state index contributed by atoms with van der Waals surface area (Å²) in [4.78, 5) is 73.6. The van der Waals surface area contributed by atoms with E-state index in [0.29, 0.717) is 34.5 Å². The molecule has 0 bridgehead atoms. The molecule has 3 aliphatic rings. The van der Waals surface area contributed by atoms with Crippen LogP contribution in [0.2, 0.25) is 0 Å². The van der Waals surface area contributed by atoms with Crippen molar-refractivity contribution in [1.29, 1.82) is 0 Å². The summed E-state index contributed by atoms with van der Waals surface area (Å²) < 4.78 is 39.4. The number of aromatic nitrogens is 1. The number of carbonyl (C=O) groups excluding carboxylic acids is 4. The van der Waals surface area contributed by atoms with Crippen molar-refractivity contribution in [3.05, 3.63) is 67.3 Å². The maximum atomic E-state index is 14.4. The van der Waals surface area contributed by atoms with Crippen LogP contribution in [0.25, 0.3) is 22.2 Å². The normalized spacial score (nSPS) is 22.6. The molecule has 3 aromatic rings. The minimum Gasteiger partial charge on any atom is -0.497 e. The SMILES string of the molecule is C=CC1CC1(NC(=O)C1CC(Oc2cc(-c3ccccc3)nc3cc(OC)ccc23)CN1C(=O)C(NC(=O)O)C(C)(C)C)C(=O)NS(=O)(=O)C1(C(=O)NCCC)CC1. The number of benzene rings is 2. The van der Waals surface area contributed by atoms with Gasteiger partial charge in [0.2, 0.25) is 27.7 Å². The van der Waals surface area contributed by atoms with Crippen LogP contribution in [0.4, 0.5) is 4.79 Å². The number of nitrogens with one attached hydrogen (secondary N) is 4. The Morgan fingerprint density at radius 3 is 2.36 bits per heavy atom. The number of rotatable bonds is 15. The lowest BCUT2D eigenvalue weighted by atomic mass is 9.85. The Bertz CT molecular complexity index is 2240. The smallest absolute Gasteiger partial charge is 0.405 e. The van der Waals surface area contributed by atoms with Crippen LogP contribution < -0.4 is 30.1 Å². The number of methoxy groups -OCH3 is 1. The number of ether oxygens (including phenoxy) is 2. The predicted molar refractivity (Wildman–Crippen MR) is 214 cm³/mol. The summed E-state index contributed by atoms with van der Waals surface area (Å²) in [5, 5.41) is 18.0. The topological polar surface area (TPSA) is 222 Å². The zero-order chi connectivity index (χ0) is 42.2. The van der Waals surface area contributed by atoms with Gasteiger partial charge in [-0.05, 0) is 43.2 Å². The van der Waals surface area contributed by atoms with Crippen molar-refractivity contribution in [2.45, 2.75) is 88.3 Å². The molecule has 2 saturated carbocycles. The molecule has 16 nitrogen and oxygen atoms in total. The van der Waals surface area contributed by atoms with Crippen molar-refractivity contribution >= 4 is 50.6 Å². The first kappa shape index (κ1) is 41.9. The summed E-state index contributed by atoms with van der Waals surface area (Å²) in [5.74, 6) is -2.89. The number of carboxylic acid groups (broad SMARTS) is 1. The third-order valence-corrected chi connectivity index (χ3v) is 13.1. The second-order valence-electron chi connectivity index (χ2n) is 16.2. The van der Waals surface area contributed by atoms with Crippen LogP contribution in [-0.4, -0.2) is 102 Å². The molecule has 1 saturated heterocycles. The average Bonchev–Trinajstić information content (AvgIpc) is 4.10. The van der Waals surface area contributed by atoms with Crippen LogP contribution in [0.15, 0.2) is 67.3 Å². The molecule has 2 aliphatic carbocycles. The van der Waals surface area contributed by atoms with Gasteiger partial charge in [-0.1, -0.05) is 64.1 Å². The van der Waals surface area contributed by atoms with Crippen molar-refractivity contribution in [1.82, 2.24) is 30.6 Å². The predicted octanol–water partition coefficient (Wildman–Crippen LogP) is 3.51. The molecule has 0 spiro atoms. The minimum absolute atomic E-state index is 0.0130. The van der Waals surface area contributed by atoms with Gasteiger partial charge in [0.05, 0.1) is 24.9 Å². The quantitative estimate of drug-likeness (QED) is 0.140. The molecule has 58 heavy (non-hydrogen) atoms. The Morgan fingerprint density at radius 2 is 1.78 bits per heavy atom. The molecule has 1 aliphatic heterocycles. The summed E-state index contributed by atoms with van der Waals surface area (Å²) in [7, 11) is -2.98. The highest BCUT2D eigenvalue weighted by molar-refractivity contribution is 7.92. The van der Waals surface area contributed by atoms with E-state index >= 15 is 0 Å². The Labute approximate surface area is 337 Å². The lowest BCUT2D eigenvalue weighted by Gasteiger charge is -2.35. The third-order valence-electron chi connectivity index (χ3n) is 11.0. The minimum atomic E-state index is -4.52. The van der Waals surface area contributed by atoms with Crippen LogP contribution in [0.3, 0.4) is 0 Å². The molecule has 3 fully saturated rings. The van der Waals surface area contributed by atoms with Crippen molar-refractivity contribution in [2.75, 3.05) is 20.2 Å². The Balaban J connectivity index is 1.32. The monoisotopic (exact) mass is 818 g/mol. The van der Waals surface area contributed by atoms with Gasteiger partial charge in [-0.15, -0.1) is 6.58 Å². The van der Waals surface area contributed by atoms with E-state index in [9.17, 15) is 37.5 Å². The van der Waals surface area contributed by atoms with Crippen LogP contribution >= 0.6 is 0 Å². The van der Waals surface area contributed by atoms with Gasteiger partial charge in [-0.2, -0.15) is 0 Å². The van der Waals surface area contributed by atoms with Crippen molar-refractivity contribution < 1.29 is 47.0 Å². The summed E-state index contributed by atoms with van der Waals surface area (Å²) in [6, 6.07) is 13.9. The molecule has 310 valence electrons. The number of hydrogen-bond acceptors (Lipinski definition) is 10. The second kappa shape index (κ2) is 15.9. The van der Waals surface area contributed by atoms with Gasteiger partial charge in [-0.25, -0.2) is 18.2 Å². The molecule has 5 unspecified atom stereocenters. The lowest BCUT2D eigenvalue weighted by Crippen LogP contribution is -2.60. The second-order valence-corrected chi connectivity index (χ2v) is 18.2. The number of carbonyl (C=O) groups is 5. The number of likely N-dealkylation sites (tertiary alicyclic amines) is 1. The molecule has 1 aromatic heterocycles. The fraction of sp³-hybridized carbons (Fsp3) is 0.463. The van der Waals surface area contributed by atoms with E-state index in [4.69, 9.17) is 14.5 Å². The molecule has 5 amide bonds. The maximum absolute atomic E-state index is 14.4. The van der Waals surface area contributed by atoms with E-state index in [2.05, 4.69) is 27.3 Å². The number of fused-ring (bicyclic) bond motifs is 1. The van der Waals surface area contributed by atoms with Gasteiger partial charge in [0, 0.05) is 42.0 Å². The first-order valence-corrected chi connectivity index (χ1v) is 20.7. The fourth-order valence-electron chi connectivity index (χ4n) is 7.43. The van der Waals surface area contributed by atoms with E-state index in [-0.39, 0.29) is 38.8 Å². The van der Waals surface area contributed by atoms with Crippen LogP contribution in [0.1, 0.15) is 59.8 Å². The first-order valence-electron chi connectivity index (χ1n) is 19.2. The molecule has 5 N–H and O–H groups in total. The van der Waals surface area contributed by atoms with E-state index < -0.39 is 79.6 Å². The standard InChI is InChI=1S/C41H50N6O10S/c1-7-18-42-36(50)40(16-17-40)58(54,55)46-37(51)41(22-25(41)8-2)45-34(48)31-20-27(23-47(31)35(49)33(39(3,4)5)44-38(52)53)57-32-21-29(24-12-10-9-11-13-24)43-30-19-26(56-6)14-15-28(30)32/h8-15,19,21,25,27,31,33,44H,2,7,16-18,20,22-23H2,1,3-6H3,(H,42,50)(H,45,48)(H,46,51)(H,52,53). The van der Waals surface area contributed by atoms with Crippen molar-refractivity contribution in [3.63, 3.8) is 0 Å². The number of hydrogen-bond donors (Lipinski definition) is 5. The fourth-order valence-corrected chi connectivity index (χ4v) is 9.01. The van der Waals surface area contributed by atoms with Gasteiger partial charge in [0.25, 0.3) is 5.91 Å². The van der Waals surface area contributed by atoms with Crippen molar-refractivity contribution in [2.24, 2.45) is 11.3 Å². The molecular weight excluding hydrogens is 769 g/mol. The van der Waals surface area contributed by atoms with Gasteiger partial charge >= 0.3 is 6.09 Å². The van der Waals surface area contributed by atoms with Crippen LogP contribution in [0.5, 0.6) is 11.5 Å². The molecular formula is C41H50N6O10S. The highest BCUT2D eigenvalue weighted by Gasteiger charge is 2.66. The molecule has 17 heteroatoms. The average molecular weight is 819 g/mol. The number of amides is 5. The van der Waals surface area contributed by atoms with Gasteiger partial charge in [0.15, 0.2) is 4.75 Å². The third kappa shape index (κ3) is 8.17. The molecule has 5 atom stereocenters. The molecule has 0 radical (unpaired) electrons. The van der Waals surface area contributed by atoms with E-state index in [0.717, 1.165) is 5.56 Å². The summed E-state index contributed by atoms with van der Waals surface area (Å²) in [6.45, 7) is 10.8. The summed E-state index contributed by atoms with van der Waals surface area (Å²) >= 11 is 0. The zero-order valence-corrected chi connectivity index (χ0v) is 34.0. The number of nitrogens with zero attached hydrogens (tertiary/aromatic N) is 2. The largest absolute Gasteiger partial charge is 0.497 e. The van der Waals surface area contributed by atoms with Gasteiger partial charge in [0.1, 0.15) is 35.2 Å². The first-order chi connectivity index (χ1) is 27.4. The Kier molecular flexibility index (Phi) is 11.5. The molecule has 2 heterocycles. The van der Waals surface area contributed by atoms with Crippen LogP contribution in [0, 0.1) is 11.3 Å². The summed E-state index contributed by atoms with van der Waals surface area (Å²) in [5.41, 5.74) is -0.701. The zero-order valence-electron chi connectivity index (χ0n) is 33.2. The Hall–Kier alpha value is -5.71. The van der Waals surface area contributed by atoms with Gasteiger partial charge in [-0.3, -0.25) is 23.9 Å². The van der Waals surface area contributed by atoms with E-state index in [1.807, 2.05) is 37.3 Å². The summed E-state index contributed by atoms with van der Waals surface area (Å²) in [6.07, 6.45) is -0.229. The lowest BCUT2D eigenvalue weighted by molar-refractivity contribution is -0.142. The van der Waals surface area contributed by atoms with E-state index in [1.165, 1.54) is 11.0 Å². The maximum Gasteiger partial charge on any atom is 0.405 e. The number of pyridine rings is 1. The Morgan fingerprint density at radius 1 is 1.07 bits per heavy atom. The molecule has 2 aromatic carbocycles. The van der Waals surface area contributed by atoms with Crippen LogP contribution in [-0.2, 0) is 29.2 Å². The number of sulfonamides is 1. The highest BCUT2D eigenvalue weighted by atomic mass is 32.2. The van der Waals surface area contributed by atoms with E-state index in [1.54, 1.807) is 52.1 Å². The molecule has 6 rings (SSSR count). The highest BCUT2D eigenvalue weighted by Crippen LogP contribution is 2.47. The van der Waals surface area contributed by atoms with Gasteiger partial charge < -0.3 is 35.4 Å². The van der Waals surface area contributed by atoms with Crippen molar-refractivity contribution in [3.8, 4) is 22.8 Å².